The van der Waals surface area contributed by atoms with Gasteiger partial charge in [-0.2, -0.15) is 15.0 Å². The molecule has 1 aliphatic rings. The number of thiazole rings is 1. The summed E-state index contributed by atoms with van der Waals surface area (Å²) in [6.07, 6.45) is 1.77. The van der Waals surface area contributed by atoms with Crippen molar-refractivity contribution in [2.75, 3.05) is 42.3 Å². The summed E-state index contributed by atoms with van der Waals surface area (Å²) < 4.78 is 5.31. The molecule has 0 atom stereocenters. The molecule has 2 aromatic heterocycles. The highest BCUT2D eigenvalue weighted by atomic mass is 32.1. The van der Waals surface area contributed by atoms with Crippen LogP contribution in [0.1, 0.15) is 5.01 Å². The number of anilines is 3. The highest BCUT2D eigenvalue weighted by molar-refractivity contribution is 7.09. The molecular weight excluding hydrogens is 278 g/mol. The molecule has 0 radical (unpaired) electrons. The molecule has 0 aliphatic carbocycles. The topological polar surface area (TPSA) is 102 Å². The Bertz CT molecular complexity index is 556. The van der Waals surface area contributed by atoms with E-state index in [0.29, 0.717) is 31.7 Å². The molecule has 3 heterocycles. The van der Waals surface area contributed by atoms with Gasteiger partial charge in [0.15, 0.2) is 0 Å². The fourth-order valence-electron chi connectivity index (χ4n) is 1.86. The van der Waals surface area contributed by atoms with Gasteiger partial charge >= 0.3 is 0 Å². The maximum Gasteiger partial charge on any atom is 0.232 e. The number of aromatic nitrogens is 4. The third-order valence-electron chi connectivity index (χ3n) is 2.82. The largest absolute Gasteiger partial charge is 0.378 e. The Morgan fingerprint density at radius 2 is 2.15 bits per heavy atom. The zero-order chi connectivity index (χ0) is 13.8. The summed E-state index contributed by atoms with van der Waals surface area (Å²) in [5.74, 6) is 1.26. The average Bonchev–Trinajstić information content (AvgIpc) is 2.99. The van der Waals surface area contributed by atoms with E-state index >= 15 is 0 Å². The van der Waals surface area contributed by atoms with E-state index in [9.17, 15) is 0 Å². The van der Waals surface area contributed by atoms with Crippen molar-refractivity contribution in [1.82, 2.24) is 19.9 Å². The van der Waals surface area contributed by atoms with Gasteiger partial charge in [-0.1, -0.05) is 0 Å². The number of nitrogens with zero attached hydrogens (tertiary/aromatic N) is 5. The number of morpholine rings is 1. The molecule has 1 fully saturated rings. The van der Waals surface area contributed by atoms with Gasteiger partial charge in [-0.3, -0.25) is 0 Å². The second-order valence-corrected chi connectivity index (χ2v) is 5.18. The van der Waals surface area contributed by atoms with E-state index in [0.717, 1.165) is 18.1 Å². The molecule has 0 saturated carbocycles. The van der Waals surface area contributed by atoms with Gasteiger partial charge in [-0.15, -0.1) is 11.3 Å². The minimum Gasteiger partial charge on any atom is -0.378 e. The molecule has 106 valence electrons. The maximum absolute atomic E-state index is 5.74. The molecule has 0 unspecified atom stereocenters. The summed E-state index contributed by atoms with van der Waals surface area (Å²) in [4.78, 5) is 18.9. The molecule has 1 aliphatic heterocycles. The standard InChI is InChI=1S/C11H15N7OS/c12-9-15-10(14-7-8-13-1-6-20-8)17-11(16-9)18-2-4-19-5-3-18/h1,6H,2-5,7H2,(H3,12,14,15,16,17). The fraction of sp³-hybridized carbons (Fsp3) is 0.455. The summed E-state index contributed by atoms with van der Waals surface area (Å²) in [6, 6.07) is 0. The van der Waals surface area contributed by atoms with Crippen LogP contribution in [0.25, 0.3) is 0 Å². The third kappa shape index (κ3) is 3.11. The molecule has 9 heteroatoms. The SMILES string of the molecule is Nc1nc(NCc2nccs2)nc(N2CCOCC2)n1. The van der Waals surface area contributed by atoms with Crippen LogP contribution in [0.2, 0.25) is 0 Å². The summed E-state index contributed by atoms with van der Waals surface area (Å²) in [6.45, 7) is 3.44. The molecule has 1 saturated heterocycles. The van der Waals surface area contributed by atoms with Gasteiger partial charge in [0.25, 0.3) is 0 Å². The monoisotopic (exact) mass is 293 g/mol. The van der Waals surface area contributed by atoms with Crippen molar-refractivity contribution in [3.05, 3.63) is 16.6 Å². The summed E-state index contributed by atoms with van der Waals surface area (Å²) in [5.41, 5.74) is 5.74. The number of nitrogen functional groups attached to an aromatic ring is 1. The van der Waals surface area contributed by atoms with Crippen molar-refractivity contribution in [2.45, 2.75) is 6.54 Å². The van der Waals surface area contributed by atoms with Gasteiger partial charge in [0, 0.05) is 24.7 Å². The van der Waals surface area contributed by atoms with E-state index < -0.39 is 0 Å². The van der Waals surface area contributed by atoms with Gasteiger partial charge in [0.1, 0.15) is 5.01 Å². The third-order valence-corrected chi connectivity index (χ3v) is 3.60. The quantitative estimate of drug-likeness (QED) is 0.833. The Morgan fingerprint density at radius 1 is 1.30 bits per heavy atom. The molecule has 20 heavy (non-hydrogen) atoms. The molecule has 2 aromatic rings. The van der Waals surface area contributed by atoms with E-state index in [1.807, 2.05) is 10.3 Å². The van der Waals surface area contributed by atoms with Gasteiger partial charge in [0.2, 0.25) is 17.8 Å². The van der Waals surface area contributed by atoms with Crippen LogP contribution in [0.3, 0.4) is 0 Å². The Labute approximate surface area is 120 Å². The van der Waals surface area contributed by atoms with Crippen LogP contribution < -0.4 is 16.0 Å². The zero-order valence-electron chi connectivity index (χ0n) is 10.8. The highest BCUT2D eigenvalue weighted by Gasteiger charge is 2.15. The number of hydrogen-bond donors (Lipinski definition) is 2. The molecule has 3 N–H and O–H groups in total. The minimum atomic E-state index is 0.211. The van der Waals surface area contributed by atoms with Crippen LogP contribution in [0, 0.1) is 0 Å². The Hall–Kier alpha value is -2.00. The lowest BCUT2D eigenvalue weighted by Crippen LogP contribution is -2.37. The second kappa shape index (κ2) is 5.97. The number of hydrogen-bond acceptors (Lipinski definition) is 9. The lowest BCUT2D eigenvalue weighted by molar-refractivity contribution is 0.122. The van der Waals surface area contributed by atoms with Gasteiger partial charge in [-0.05, 0) is 0 Å². The van der Waals surface area contributed by atoms with E-state index in [4.69, 9.17) is 10.5 Å². The van der Waals surface area contributed by atoms with Gasteiger partial charge in [0.05, 0.1) is 19.8 Å². The molecule has 0 amide bonds. The fourth-order valence-corrected chi connectivity index (χ4v) is 2.42. The van der Waals surface area contributed by atoms with Crippen LogP contribution in [0.5, 0.6) is 0 Å². The first-order chi connectivity index (χ1) is 9.81. The van der Waals surface area contributed by atoms with E-state index in [-0.39, 0.29) is 5.95 Å². The van der Waals surface area contributed by atoms with Crippen molar-refractivity contribution in [1.29, 1.82) is 0 Å². The molecule has 3 rings (SSSR count). The number of ether oxygens (including phenoxy) is 1. The summed E-state index contributed by atoms with van der Waals surface area (Å²) in [5, 5.41) is 6.01. The second-order valence-electron chi connectivity index (χ2n) is 4.20. The normalized spacial score (nSPS) is 15.3. The first-order valence-corrected chi connectivity index (χ1v) is 7.16. The number of rotatable bonds is 4. The Morgan fingerprint density at radius 3 is 2.90 bits per heavy atom. The molecule has 0 bridgehead atoms. The van der Waals surface area contributed by atoms with Gasteiger partial charge in [-0.25, -0.2) is 4.98 Å². The van der Waals surface area contributed by atoms with Crippen LogP contribution in [0.15, 0.2) is 11.6 Å². The van der Waals surface area contributed by atoms with Crippen molar-refractivity contribution in [2.24, 2.45) is 0 Å². The summed E-state index contributed by atoms with van der Waals surface area (Å²) in [7, 11) is 0. The lowest BCUT2D eigenvalue weighted by Gasteiger charge is -2.26. The number of nitrogens with two attached hydrogens (primary N) is 1. The smallest absolute Gasteiger partial charge is 0.232 e. The van der Waals surface area contributed by atoms with E-state index in [1.165, 1.54) is 0 Å². The first-order valence-electron chi connectivity index (χ1n) is 6.28. The van der Waals surface area contributed by atoms with Crippen molar-refractivity contribution >= 4 is 29.2 Å². The van der Waals surface area contributed by atoms with Gasteiger partial charge < -0.3 is 20.7 Å². The first kappa shape index (κ1) is 13.0. The minimum absolute atomic E-state index is 0.211. The maximum atomic E-state index is 5.74. The molecule has 8 nitrogen and oxygen atoms in total. The predicted molar refractivity (Wildman–Crippen MR) is 76.7 cm³/mol. The van der Waals surface area contributed by atoms with Crippen molar-refractivity contribution in [3.63, 3.8) is 0 Å². The zero-order valence-corrected chi connectivity index (χ0v) is 11.6. The Balaban J connectivity index is 1.72. The van der Waals surface area contributed by atoms with E-state index in [2.05, 4.69) is 25.3 Å². The number of nitrogens with one attached hydrogen (secondary N) is 1. The average molecular weight is 293 g/mol. The van der Waals surface area contributed by atoms with Crippen molar-refractivity contribution in [3.8, 4) is 0 Å². The van der Waals surface area contributed by atoms with E-state index in [1.54, 1.807) is 17.5 Å². The van der Waals surface area contributed by atoms with Crippen LogP contribution in [0.4, 0.5) is 17.8 Å². The van der Waals surface area contributed by atoms with Crippen LogP contribution in [-0.4, -0.2) is 46.2 Å². The molecule has 0 spiro atoms. The Kier molecular flexibility index (Phi) is 3.88. The lowest BCUT2D eigenvalue weighted by atomic mass is 10.4. The van der Waals surface area contributed by atoms with Crippen molar-refractivity contribution < 1.29 is 4.74 Å². The summed E-state index contributed by atoms with van der Waals surface area (Å²) >= 11 is 1.58. The van der Waals surface area contributed by atoms with Crippen LogP contribution >= 0.6 is 11.3 Å². The molecule has 0 aromatic carbocycles. The molecular formula is C11H15N7OS. The predicted octanol–water partition coefficient (Wildman–Crippen LogP) is 0.359. The van der Waals surface area contributed by atoms with Crippen LogP contribution in [-0.2, 0) is 11.3 Å². The highest BCUT2D eigenvalue weighted by Crippen LogP contribution is 2.14.